The zero-order valence-corrected chi connectivity index (χ0v) is 15.0. The van der Waals surface area contributed by atoms with Crippen LogP contribution in [-0.2, 0) is 9.47 Å². The average Bonchev–Trinajstić information content (AvgIpc) is 2.36. The Bertz CT molecular complexity index is 301. The molecule has 126 valence electrons. The number of aliphatic hydroxyl groups excluding tert-OH is 1. The van der Waals surface area contributed by atoms with Crippen LogP contribution in [0, 0.1) is 17.8 Å². The van der Waals surface area contributed by atoms with Crippen molar-refractivity contribution < 1.29 is 19.1 Å². The summed E-state index contributed by atoms with van der Waals surface area (Å²) in [5, 5.41) is 10.1. The molecule has 1 aliphatic heterocycles. The van der Waals surface area contributed by atoms with Gasteiger partial charge in [-0.05, 0) is 31.1 Å². The largest absolute Gasteiger partial charge is 0.387 e. The third-order valence-electron chi connectivity index (χ3n) is 5.00. The minimum atomic E-state index is -0.224. The first-order valence-electron chi connectivity index (χ1n) is 8.32. The fourth-order valence-electron chi connectivity index (χ4n) is 3.36. The van der Waals surface area contributed by atoms with Crippen molar-refractivity contribution in [1.82, 2.24) is 0 Å². The van der Waals surface area contributed by atoms with Gasteiger partial charge in [-0.1, -0.05) is 20.8 Å². The molecule has 4 heteroatoms. The first kappa shape index (κ1) is 18.9. The number of rotatable bonds is 7. The highest BCUT2D eigenvalue weighted by atomic mass is 16.7. The molecule has 1 rings (SSSR count). The molecular formula is C17H36NO3+. The molecule has 6 atom stereocenters. The number of hydrogen-bond acceptors (Lipinski definition) is 3. The van der Waals surface area contributed by atoms with E-state index in [9.17, 15) is 5.11 Å². The van der Waals surface area contributed by atoms with E-state index >= 15 is 0 Å². The van der Waals surface area contributed by atoms with Crippen molar-refractivity contribution in [3.63, 3.8) is 0 Å². The maximum absolute atomic E-state index is 10.1. The van der Waals surface area contributed by atoms with E-state index in [1.807, 2.05) is 0 Å². The van der Waals surface area contributed by atoms with Crippen molar-refractivity contribution >= 4 is 0 Å². The molecule has 1 N–H and O–H groups in total. The van der Waals surface area contributed by atoms with Gasteiger partial charge in [0.2, 0.25) is 0 Å². The first-order chi connectivity index (χ1) is 9.65. The molecule has 0 spiro atoms. The zero-order chi connectivity index (χ0) is 16.2. The van der Waals surface area contributed by atoms with Crippen LogP contribution in [-0.4, -0.2) is 62.9 Å². The summed E-state index contributed by atoms with van der Waals surface area (Å²) >= 11 is 0. The standard InChI is InChI=1S/C17H36NO3/c1-12-13(2)16(21-17(20-7)14(12)3)10-8-9-15(19)11-18(4,5)6/h12-17,19H,8-11H2,1-7H3/q+1. The Kier molecular flexibility index (Phi) is 7.11. The van der Waals surface area contributed by atoms with E-state index in [0.29, 0.717) is 17.8 Å². The van der Waals surface area contributed by atoms with Crippen molar-refractivity contribution in [2.75, 3.05) is 34.8 Å². The Morgan fingerprint density at radius 3 is 2.24 bits per heavy atom. The molecule has 1 saturated heterocycles. The number of aliphatic hydroxyl groups is 1. The van der Waals surface area contributed by atoms with E-state index in [1.54, 1.807) is 7.11 Å². The molecule has 1 heterocycles. The smallest absolute Gasteiger partial charge is 0.160 e. The molecule has 0 aliphatic carbocycles. The molecule has 0 aromatic rings. The van der Waals surface area contributed by atoms with E-state index in [1.165, 1.54) is 0 Å². The monoisotopic (exact) mass is 302 g/mol. The number of hydrogen-bond donors (Lipinski definition) is 1. The molecule has 1 fully saturated rings. The Labute approximate surface area is 131 Å². The van der Waals surface area contributed by atoms with Gasteiger partial charge in [-0.15, -0.1) is 0 Å². The van der Waals surface area contributed by atoms with Crippen molar-refractivity contribution in [2.24, 2.45) is 17.8 Å². The van der Waals surface area contributed by atoms with Gasteiger partial charge >= 0.3 is 0 Å². The fourth-order valence-corrected chi connectivity index (χ4v) is 3.36. The lowest BCUT2D eigenvalue weighted by Crippen LogP contribution is -2.45. The van der Waals surface area contributed by atoms with Gasteiger partial charge in [-0.3, -0.25) is 0 Å². The number of nitrogens with zero attached hydrogens (tertiary/aromatic N) is 1. The van der Waals surface area contributed by atoms with Gasteiger partial charge in [0, 0.05) is 13.0 Å². The van der Waals surface area contributed by atoms with E-state index in [4.69, 9.17) is 9.47 Å². The summed E-state index contributed by atoms with van der Waals surface area (Å²) in [5.41, 5.74) is 0. The molecule has 0 bridgehead atoms. The van der Waals surface area contributed by atoms with Crippen molar-refractivity contribution in [3.8, 4) is 0 Å². The van der Waals surface area contributed by atoms with Crippen LogP contribution in [0.4, 0.5) is 0 Å². The number of quaternary nitrogens is 1. The van der Waals surface area contributed by atoms with Crippen molar-refractivity contribution in [3.05, 3.63) is 0 Å². The topological polar surface area (TPSA) is 38.7 Å². The van der Waals surface area contributed by atoms with E-state index in [-0.39, 0.29) is 18.5 Å². The molecule has 1 aliphatic rings. The average molecular weight is 302 g/mol. The molecule has 0 radical (unpaired) electrons. The highest BCUT2D eigenvalue weighted by Gasteiger charge is 2.38. The maximum atomic E-state index is 10.1. The molecule has 21 heavy (non-hydrogen) atoms. The van der Waals surface area contributed by atoms with Gasteiger partial charge in [-0.25, -0.2) is 0 Å². The van der Waals surface area contributed by atoms with Crippen molar-refractivity contribution in [2.45, 2.75) is 58.5 Å². The summed E-state index contributed by atoms with van der Waals surface area (Å²) in [6.07, 6.45) is 2.80. The van der Waals surface area contributed by atoms with Gasteiger partial charge in [0.1, 0.15) is 12.6 Å². The predicted octanol–water partition coefficient (Wildman–Crippen LogP) is 2.50. The molecule has 4 nitrogen and oxygen atoms in total. The van der Waals surface area contributed by atoms with Gasteiger partial charge in [0.15, 0.2) is 6.29 Å². The lowest BCUT2D eigenvalue weighted by atomic mass is 9.77. The molecular weight excluding hydrogens is 266 g/mol. The first-order valence-corrected chi connectivity index (χ1v) is 8.32. The fraction of sp³-hybridized carbons (Fsp3) is 1.00. The minimum Gasteiger partial charge on any atom is -0.387 e. The lowest BCUT2D eigenvalue weighted by molar-refractivity contribution is -0.873. The van der Waals surface area contributed by atoms with Gasteiger partial charge in [0.25, 0.3) is 0 Å². The van der Waals surface area contributed by atoms with Crippen LogP contribution in [0.3, 0.4) is 0 Å². The van der Waals surface area contributed by atoms with Crippen LogP contribution in [0.2, 0.25) is 0 Å². The molecule has 0 saturated carbocycles. The second-order valence-corrected chi connectivity index (χ2v) is 7.91. The Morgan fingerprint density at radius 1 is 1.10 bits per heavy atom. The maximum Gasteiger partial charge on any atom is 0.160 e. The molecule has 0 aromatic heterocycles. The third kappa shape index (κ3) is 5.85. The number of likely N-dealkylation sites (N-methyl/N-ethyl adjacent to an activating group) is 1. The van der Waals surface area contributed by atoms with Crippen LogP contribution in [0.1, 0.15) is 40.0 Å². The minimum absolute atomic E-state index is 0.0858. The summed E-state index contributed by atoms with van der Waals surface area (Å²) in [7, 11) is 8.07. The normalized spacial score (nSPS) is 35.7. The number of ether oxygens (including phenoxy) is 2. The summed E-state index contributed by atoms with van der Waals surface area (Å²) in [6, 6.07) is 0. The van der Waals surface area contributed by atoms with Crippen LogP contribution in [0.15, 0.2) is 0 Å². The third-order valence-corrected chi connectivity index (χ3v) is 5.00. The Morgan fingerprint density at radius 2 is 1.71 bits per heavy atom. The van der Waals surface area contributed by atoms with Crippen LogP contribution in [0.5, 0.6) is 0 Å². The summed E-state index contributed by atoms with van der Waals surface area (Å²) in [4.78, 5) is 0. The van der Waals surface area contributed by atoms with E-state index in [2.05, 4.69) is 41.9 Å². The van der Waals surface area contributed by atoms with Gasteiger partial charge < -0.3 is 19.1 Å². The molecule has 6 unspecified atom stereocenters. The quantitative estimate of drug-likeness (QED) is 0.734. The Hall–Kier alpha value is -0.160. The highest BCUT2D eigenvalue weighted by Crippen LogP contribution is 2.37. The van der Waals surface area contributed by atoms with Gasteiger partial charge in [-0.2, -0.15) is 0 Å². The second kappa shape index (κ2) is 7.91. The van der Waals surface area contributed by atoms with E-state index in [0.717, 1.165) is 30.3 Å². The number of methoxy groups -OCH3 is 1. The van der Waals surface area contributed by atoms with Crippen LogP contribution in [0.25, 0.3) is 0 Å². The van der Waals surface area contributed by atoms with Crippen LogP contribution >= 0.6 is 0 Å². The predicted molar refractivity (Wildman–Crippen MR) is 85.9 cm³/mol. The molecule has 0 amide bonds. The Balaban J connectivity index is 2.40. The highest BCUT2D eigenvalue weighted by molar-refractivity contribution is 4.82. The summed E-state index contributed by atoms with van der Waals surface area (Å²) in [5.74, 6) is 1.58. The SMILES string of the molecule is COC1OC(CCCC(O)C[N+](C)(C)C)C(C)C(C)C1C. The van der Waals surface area contributed by atoms with Crippen molar-refractivity contribution in [1.29, 1.82) is 0 Å². The lowest BCUT2D eigenvalue weighted by Gasteiger charge is -2.43. The van der Waals surface area contributed by atoms with Crippen LogP contribution < -0.4 is 0 Å². The summed E-state index contributed by atoms with van der Waals surface area (Å²) in [6.45, 7) is 7.58. The zero-order valence-electron chi connectivity index (χ0n) is 15.0. The second-order valence-electron chi connectivity index (χ2n) is 7.91. The molecule has 0 aromatic carbocycles. The van der Waals surface area contributed by atoms with E-state index < -0.39 is 0 Å². The van der Waals surface area contributed by atoms with Gasteiger partial charge in [0.05, 0.1) is 27.2 Å². The summed E-state index contributed by atoms with van der Waals surface area (Å²) < 4.78 is 12.4.